The van der Waals surface area contributed by atoms with Gasteiger partial charge in [-0.15, -0.1) is 0 Å². The van der Waals surface area contributed by atoms with E-state index >= 15 is 0 Å². The quantitative estimate of drug-likeness (QED) is 0.183. The molecule has 0 aliphatic carbocycles. The molecule has 48 heavy (non-hydrogen) atoms. The van der Waals surface area contributed by atoms with Crippen molar-refractivity contribution in [2.45, 2.75) is 0 Å². The predicted molar refractivity (Wildman–Crippen MR) is 197 cm³/mol. The third kappa shape index (κ3) is 4.01. The van der Waals surface area contributed by atoms with Crippen LogP contribution in [0.1, 0.15) is 5.56 Å². The minimum absolute atomic E-state index is 0.448. The van der Waals surface area contributed by atoms with Crippen LogP contribution in [0.15, 0.2) is 158 Å². The van der Waals surface area contributed by atoms with Crippen LogP contribution in [-0.2, 0) is 0 Å². The molecule has 9 rings (SSSR count). The Kier molecular flexibility index (Phi) is 6.22. The average Bonchev–Trinajstić information content (AvgIpc) is 3.67. The molecule has 9 aromatic rings. The molecule has 0 aliphatic rings. The zero-order valence-electron chi connectivity index (χ0n) is 25.8. The Morgan fingerprint density at radius 1 is 0.479 bits per heavy atom. The highest BCUT2D eigenvalue weighted by molar-refractivity contribution is 6.11. The Balaban J connectivity index is 1.28. The van der Waals surface area contributed by atoms with Crippen molar-refractivity contribution in [3.8, 4) is 39.7 Å². The molecule has 0 radical (unpaired) electrons. The monoisotopic (exact) mass is 610 g/mol. The predicted octanol–water partition coefficient (Wildman–Crippen LogP) is 11.6. The average molecular weight is 611 g/mol. The van der Waals surface area contributed by atoms with E-state index in [1.807, 2.05) is 48.5 Å². The van der Waals surface area contributed by atoms with E-state index in [1.165, 1.54) is 10.8 Å². The van der Waals surface area contributed by atoms with Gasteiger partial charge in [-0.25, -0.2) is 4.85 Å². The lowest BCUT2D eigenvalue weighted by molar-refractivity contribution is 1.17. The highest BCUT2D eigenvalue weighted by Gasteiger charge is 2.21. The Bertz CT molecular complexity index is 2710. The molecule has 0 spiro atoms. The van der Waals surface area contributed by atoms with Crippen molar-refractivity contribution in [3.63, 3.8) is 0 Å². The third-order valence-corrected chi connectivity index (χ3v) is 9.40. The maximum Gasteiger partial charge on any atom is 0.196 e. The summed E-state index contributed by atoms with van der Waals surface area (Å²) in [4.78, 5) is 3.92. The second kappa shape index (κ2) is 10.9. The Morgan fingerprint density at radius 2 is 0.958 bits per heavy atom. The zero-order valence-corrected chi connectivity index (χ0v) is 25.8. The molecular formula is C44H26N4. The van der Waals surface area contributed by atoms with Gasteiger partial charge < -0.3 is 9.13 Å². The van der Waals surface area contributed by atoms with Gasteiger partial charge in [-0.1, -0.05) is 115 Å². The number of para-hydroxylation sites is 5. The second-order valence-electron chi connectivity index (χ2n) is 11.9. The van der Waals surface area contributed by atoms with Gasteiger partial charge in [-0.05, 0) is 53.6 Å². The van der Waals surface area contributed by atoms with Crippen LogP contribution in [0.2, 0.25) is 0 Å². The molecule has 0 amide bonds. The Hall–Kier alpha value is -6.88. The van der Waals surface area contributed by atoms with Gasteiger partial charge in [0, 0.05) is 32.7 Å². The fourth-order valence-corrected chi connectivity index (χ4v) is 7.38. The number of rotatable bonds is 4. The summed E-state index contributed by atoms with van der Waals surface area (Å²) < 4.78 is 4.49. The molecule has 222 valence electrons. The first kappa shape index (κ1) is 27.4. The van der Waals surface area contributed by atoms with E-state index in [-0.39, 0.29) is 0 Å². The number of benzene rings is 7. The van der Waals surface area contributed by atoms with Crippen LogP contribution in [-0.4, -0.2) is 9.13 Å². The van der Waals surface area contributed by atoms with Crippen molar-refractivity contribution in [1.29, 1.82) is 5.26 Å². The molecule has 4 nitrogen and oxygen atoms in total. The van der Waals surface area contributed by atoms with E-state index in [0.29, 0.717) is 16.8 Å². The van der Waals surface area contributed by atoms with Crippen molar-refractivity contribution >= 4 is 49.3 Å². The van der Waals surface area contributed by atoms with Gasteiger partial charge in [0.05, 0.1) is 45.6 Å². The van der Waals surface area contributed by atoms with Crippen LogP contribution in [0.4, 0.5) is 5.69 Å². The van der Waals surface area contributed by atoms with E-state index in [0.717, 1.165) is 60.9 Å². The van der Waals surface area contributed by atoms with Crippen molar-refractivity contribution in [1.82, 2.24) is 9.13 Å². The lowest BCUT2D eigenvalue weighted by Crippen LogP contribution is -2.00. The summed E-state index contributed by atoms with van der Waals surface area (Å²) in [5.74, 6) is 0. The molecule has 0 aliphatic heterocycles. The van der Waals surface area contributed by atoms with E-state index in [1.54, 1.807) is 0 Å². The lowest BCUT2D eigenvalue weighted by atomic mass is 9.93. The SMILES string of the molecule is [C-]#[N+]c1ccc(-n2c3ccccc3c3ccccc32)c(C#N)c1-c1cccc(-c2ccccc2-n2c3ccccc3c3ccccc32)c1. The van der Waals surface area contributed by atoms with Crippen molar-refractivity contribution in [2.75, 3.05) is 0 Å². The molecule has 0 N–H and O–H groups in total. The molecule has 2 heterocycles. The molecule has 2 aromatic heterocycles. The molecule has 4 heteroatoms. The number of hydrogen-bond donors (Lipinski definition) is 0. The summed E-state index contributed by atoms with van der Waals surface area (Å²) in [6.45, 7) is 8.12. The van der Waals surface area contributed by atoms with Crippen molar-refractivity contribution in [3.05, 3.63) is 175 Å². The van der Waals surface area contributed by atoms with Crippen LogP contribution in [0, 0.1) is 17.9 Å². The highest BCUT2D eigenvalue weighted by Crippen LogP contribution is 2.42. The fourth-order valence-electron chi connectivity index (χ4n) is 7.38. The molecule has 0 bridgehead atoms. The first-order valence-electron chi connectivity index (χ1n) is 15.9. The van der Waals surface area contributed by atoms with Gasteiger partial charge in [-0.3, -0.25) is 0 Å². The van der Waals surface area contributed by atoms with E-state index in [9.17, 15) is 5.26 Å². The van der Waals surface area contributed by atoms with Gasteiger partial charge in [-0.2, -0.15) is 5.26 Å². The van der Waals surface area contributed by atoms with Crippen molar-refractivity contribution in [2.24, 2.45) is 0 Å². The van der Waals surface area contributed by atoms with Gasteiger partial charge in [0.25, 0.3) is 0 Å². The number of aromatic nitrogens is 2. The van der Waals surface area contributed by atoms with Gasteiger partial charge in [0.2, 0.25) is 0 Å². The summed E-state index contributed by atoms with van der Waals surface area (Å²) in [5.41, 5.74) is 10.6. The van der Waals surface area contributed by atoms with Gasteiger partial charge in [0.15, 0.2) is 5.69 Å². The molecule has 0 fully saturated rings. The van der Waals surface area contributed by atoms with E-state index < -0.39 is 0 Å². The summed E-state index contributed by atoms with van der Waals surface area (Å²) in [6.07, 6.45) is 0. The van der Waals surface area contributed by atoms with Gasteiger partial charge in [0.1, 0.15) is 6.07 Å². The minimum Gasteiger partial charge on any atom is -0.309 e. The summed E-state index contributed by atoms with van der Waals surface area (Å²) in [7, 11) is 0. The van der Waals surface area contributed by atoms with Crippen LogP contribution >= 0.6 is 0 Å². The van der Waals surface area contributed by atoms with Crippen molar-refractivity contribution < 1.29 is 0 Å². The summed E-state index contributed by atoms with van der Waals surface area (Å²) in [6, 6.07) is 56.6. The standard InChI is InChI=1S/C44H26N4/c1-46-37-25-26-43(48-41-23-10-5-18-34(41)35-19-6-11-24-42(35)48)36(28-45)44(37)30-14-12-13-29(27-30)31-15-2-7-20-38(31)47-39-21-8-3-16-32(39)33-17-4-9-22-40(33)47/h2-27H. The molecular weight excluding hydrogens is 585 g/mol. The summed E-state index contributed by atoms with van der Waals surface area (Å²) >= 11 is 0. The maximum atomic E-state index is 10.8. The first-order chi connectivity index (χ1) is 23.8. The minimum atomic E-state index is 0.448. The topological polar surface area (TPSA) is 38.0 Å². The molecule has 7 aromatic carbocycles. The third-order valence-electron chi connectivity index (χ3n) is 9.40. The summed E-state index contributed by atoms with van der Waals surface area (Å²) in [5, 5.41) is 15.5. The number of fused-ring (bicyclic) bond motifs is 6. The zero-order chi connectivity index (χ0) is 32.2. The molecule has 0 unspecified atom stereocenters. The molecule has 0 saturated carbocycles. The second-order valence-corrected chi connectivity index (χ2v) is 11.9. The molecule has 0 atom stereocenters. The maximum absolute atomic E-state index is 10.8. The van der Waals surface area contributed by atoms with Crippen LogP contribution in [0.5, 0.6) is 0 Å². The fraction of sp³-hybridized carbons (Fsp3) is 0. The number of nitriles is 1. The lowest BCUT2D eigenvalue weighted by Gasteiger charge is -2.17. The smallest absolute Gasteiger partial charge is 0.196 e. The van der Waals surface area contributed by atoms with E-state index in [2.05, 4.69) is 129 Å². The largest absolute Gasteiger partial charge is 0.309 e. The van der Waals surface area contributed by atoms with Crippen LogP contribution in [0.25, 0.3) is 82.1 Å². The first-order valence-corrected chi connectivity index (χ1v) is 15.9. The van der Waals surface area contributed by atoms with E-state index in [4.69, 9.17) is 6.57 Å². The van der Waals surface area contributed by atoms with Crippen LogP contribution < -0.4 is 0 Å². The highest BCUT2D eigenvalue weighted by atomic mass is 15.0. The number of hydrogen-bond acceptors (Lipinski definition) is 1. The Labute approximate surface area is 277 Å². The normalized spacial score (nSPS) is 11.3. The van der Waals surface area contributed by atoms with Crippen LogP contribution in [0.3, 0.4) is 0 Å². The number of nitrogens with zero attached hydrogens (tertiary/aromatic N) is 4. The molecule has 0 saturated heterocycles. The van der Waals surface area contributed by atoms with Gasteiger partial charge >= 0.3 is 0 Å². The Morgan fingerprint density at radius 3 is 1.50 bits per heavy atom.